The Labute approximate surface area is 110 Å². The Bertz CT molecular complexity index is 447. The fourth-order valence-corrected chi connectivity index (χ4v) is 2.41. The van der Waals surface area contributed by atoms with E-state index in [1.54, 1.807) is 6.07 Å². The van der Waals surface area contributed by atoms with Crippen LogP contribution in [-0.4, -0.2) is 18.1 Å². The van der Waals surface area contributed by atoms with Crippen molar-refractivity contribution in [3.8, 4) is 0 Å². The molecule has 0 amide bonds. The summed E-state index contributed by atoms with van der Waals surface area (Å²) in [7, 11) is 0. The summed E-state index contributed by atoms with van der Waals surface area (Å²) >= 11 is 5.78. The summed E-state index contributed by atoms with van der Waals surface area (Å²) in [5, 5.41) is 11.0. The van der Waals surface area contributed by atoms with Gasteiger partial charge in [-0.25, -0.2) is 0 Å². The Hall–Kier alpha value is -1.17. The molecule has 1 aromatic rings. The van der Waals surface area contributed by atoms with Gasteiger partial charge in [0.25, 0.3) is 5.69 Å². The molecule has 0 saturated carbocycles. The molecule has 6 heteroatoms. The molecule has 98 valence electrons. The van der Waals surface area contributed by atoms with Crippen molar-refractivity contribution in [1.82, 2.24) is 0 Å². The van der Waals surface area contributed by atoms with E-state index >= 15 is 0 Å². The molecule has 0 aromatic heterocycles. The van der Waals surface area contributed by atoms with Crippen LogP contribution in [-0.2, 0) is 4.74 Å². The lowest BCUT2D eigenvalue weighted by Gasteiger charge is -2.27. The minimum Gasteiger partial charge on any atom is -0.381 e. The van der Waals surface area contributed by atoms with E-state index in [2.05, 4.69) is 0 Å². The molecule has 1 heterocycles. The maximum absolute atomic E-state index is 10.8. The van der Waals surface area contributed by atoms with Gasteiger partial charge >= 0.3 is 0 Å². The van der Waals surface area contributed by atoms with E-state index in [9.17, 15) is 10.1 Å². The average molecular weight is 271 g/mol. The summed E-state index contributed by atoms with van der Waals surface area (Å²) in [6.45, 7) is 1.40. The van der Waals surface area contributed by atoms with Gasteiger partial charge in [0.05, 0.1) is 4.92 Å². The van der Waals surface area contributed by atoms with Gasteiger partial charge in [0.2, 0.25) is 0 Å². The van der Waals surface area contributed by atoms with E-state index < -0.39 is 4.92 Å². The number of hydrogen-bond donors (Lipinski definition) is 1. The molecule has 1 aromatic carbocycles. The fourth-order valence-electron chi connectivity index (χ4n) is 2.22. The first kappa shape index (κ1) is 13.3. The molecule has 2 rings (SSSR count). The molecule has 1 aliphatic rings. The van der Waals surface area contributed by atoms with Gasteiger partial charge in [-0.1, -0.05) is 17.7 Å². The zero-order valence-corrected chi connectivity index (χ0v) is 10.6. The second kappa shape index (κ2) is 5.65. The summed E-state index contributed by atoms with van der Waals surface area (Å²) in [5.41, 5.74) is 6.84. The van der Waals surface area contributed by atoms with Crippen molar-refractivity contribution in [3.05, 3.63) is 38.9 Å². The fraction of sp³-hybridized carbons (Fsp3) is 0.500. The predicted octanol–water partition coefficient (Wildman–Crippen LogP) is 2.67. The number of ether oxygens (including phenoxy) is 1. The lowest BCUT2D eigenvalue weighted by molar-refractivity contribution is -0.384. The molecule has 0 bridgehead atoms. The minimum atomic E-state index is -0.484. The number of rotatable bonds is 3. The SMILES string of the molecule is N[C@@H](c1ccc(Cl)c([N+](=O)[O-])c1)C1CCOCC1. The first-order valence-electron chi connectivity index (χ1n) is 5.86. The van der Waals surface area contributed by atoms with E-state index in [-0.39, 0.29) is 16.8 Å². The van der Waals surface area contributed by atoms with Crippen LogP contribution in [0.5, 0.6) is 0 Å². The highest BCUT2D eigenvalue weighted by Crippen LogP contribution is 2.32. The van der Waals surface area contributed by atoms with Crippen LogP contribution in [0.1, 0.15) is 24.4 Å². The van der Waals surface area contributed by atoms with Gasteiger partial charge in [0.15, 0.2) is 0 Å². The molecule has 0 spiro atoms. The van der Waals surface area contributed by atoms with Crippen LogP contribution in [0.4, 0.5) is 5.69 Å². The third-order valence-corrected chi connectivity index (χ3v) is 3.65. The van der Waals surface area contributed by atoms with Crippen LogP contribution in [0.25, 0.3) is 0 Å². The van der Waals surface area contributed by atoms with E-state index in [1.807, 2.05) is 0 Å². The van der Waals surface area contributed by atoms with Crippen molar-refractivity contribution in [2.75, 3.05) is 13.2 Å². The van der Waals surface area contributed by atoms with Gasteiger partial charge in [0.1, 0.15) is 5.02 Å². The summed E-state index contributed by atoms with van der Waals surface area (Å²) in [4.78, 5) is 10.3. The molecule has 5 nitrogen and oxygen atoms in total. The first-order chi connectivity index (χ1) is 8.59. The Morgan fingerprint density at radius 3 is 2.72 bits per heavy atom. The topological polar surface area (TPSA) is 78.4 Å². The summed E-state index contributed by atoms with van der Waals surface area (Å²) in [6, 6.07) is 4.57. The number of benzene rings is 1. The van der Waals surface area contributed by atoms with Crippen LogP contribution in [0, 0.1) is 16.0 Å². The highest BCUT2D eigenvalue weighted by Gasteiger charge is 2.24. The van der Waals surface area contributed by atoms with Gasteiger partial charge in [-0.15, -0.1) is 0 Å². The van der Waals surface area contributed by atoms with Gasteiger partial charge in [-0.05, 0) is 30.4 Å². The van der Waals surface area contributed by atoms with Crippen LogP contribution >= 0.6 is 11.6 Å². The molecule has 2 N–H and O–H groups in total. The Balaban J connectivity index is 2.21. The van der Waals surface area contributed by atoms with Gasteiger partial charge in [-0.3, -0.25) is 10.1 Å². The lowest BCUT2D eigenvalue weighted by Crippen LogP contribution is -2.27. The number of nitro benzene ring substituents is 1. The molecule has 18 heavy (non-hydrogen) atoms. The van der Waals surface area contributed by atoms with E-state index in [0.717, 1.165) is 18.4 Å². The number of hydrogen-bond acceptors (Lipinski definition) is 4. The quantitative estimate of drug-likeness (QED) is 0.676. The van der Waals surface area contributed by atoms with Crippen molar-refractivity contribution in [1.29, 1.82) is 0 Å². The summed E-state index contributed by atoms with van der Waals surface area (Å²) in [5.74, 6) is 0.305. The standard InChI is InChI=1S/C12H15ClN2O3/c13-10-2-1-9(7-11(10)15(16)17)12(14)8-3-5-18-6-4-8/h1-2,7-8,12H,3-6,14H2/t12-/m1/s1. The van der Waals surface area contributed by atoms with Crippen molar-refractivity contribution in [2.24, 2.45) is 11.7 Å². The first-order valence-corrected chi connectivity index (χ1v) is 6.24. The Morgan fingerprint density at radius 2 is 2.11 bits per heavy atom. The highest BCUT2D eigenvalue weighted by atomic mass is 35.5. The second-order valence-corrected chi connectivity index (χ2v) is 4.85. The normalized spacial score (nSPS) is 18.6. The molecule has 1 fully saturated rings. The monoisotopic (exact) mass is 270 g/mol. The lowest BCUT2D eigenvalue weighted by atomic mass is 9.88. The smallest absolute Gasteiger partial charge is 0.288 e. The number of halogens is 1. The van der Waals surface area contributed by atoms with Crippen LogP contribution in [0.3, 0.4) is 0 Å². The van der Waals surface area contributed by atoms with Crippen molar-refractivity contribution >= 4 is 17.3 Å². The van der Waals surface area contributed by atoms with E-state index in [4.69, 9.17) is 22.1 Å². The molecular formula is C12H15ClN2O3. The number of nitrogens with two attached hydrogens (primary N) is 1. The third kappa shape index (κ3) is 2.80. The van der Waals surface area contributed by atoms with Crippen molar-refractivity contribution in [2.45, 2.75) is 18.9 Å². The predicted molar refractivity (Wildman–Crippen MR) is 68.6 cm³/mol. The highest BCUT2D eigenvalue weighted by molar-refractivity contribution is 6.32. The van der Waals surface area contributed by atoms with Gasteiger partial charge < -0.3 is 10.5 Å². The van der Waals surface area contributed by atoms with E-state index in [1.165, 1.54) is 12.1 Å². The largest absolute Gasteiger partial charge is 0.381 e. The molecule has 0 aliphatic carbocycles. The summed E-state index contributed by atoms with van der Waals surface area (Å²) in [6.07, 6.45) is 1.77. The summed E-state index contributed by atoms with van der Waals surface area (Å²) < 4.78 is 5.28. The minimum absolute atomic E-state index is 0.0864. The maximum atomic E-state index is 10.8. The Kier molecular flexibility index (Phi) is 4.16. The van der Waals surface area contributed by atoms with Crippen LogP contribution < -0.4 is 5.73 Å². The molecule has 0 unspecified atom stereocenters. The van der Waals surface area contributed by atoms with Crippen molar-refractivity contribution < 1.29 is 9.66 Å². The molecule has 1 atom stereocenters. The van der Waals surface area contributed by atoms with Gasteiger partial charge in [0, 0.05) is 25.3 Å². The molecule has 1 saturated heterocycles. The molecule has 1 aliphatic heterocycles. The molecule has 0 radical (unpaired) electrons. The average Bonchev–Trinajstić information content (AvgIpc) is 2.39. The Morgan fingerprint density at radius 1 is 1.44 bits per heavy atom. The maximum Gasteiger partial charge on any atom is 0.288 e. The van der Waals surface area contributed by atoms with E-state index in [0.29, 0.717) is 19.1 Å². The second-order valence-electron chi connectivity index (χ2n) is 4.44. The van der Waals surface area contributed by atoms with Gasteiger partial charge in [-0.2, -0.15) is 0 Å². The molecular weight excluding hydrogens is 256 g/mol. The number of nitro groups is 1. The third-order valence-electron chi connectivity index (χ3n) is 3.33. The number of nitrogens with zero attached hydrogens (tertiary/aromatic N) is 1. The van der Waals surface area contributed by atoms with Crippen LogP contribution in [0.15, 0.2) is 18.2 Å². The van der Waals surface area contributed by atoms with Crippen molar-refractivity contribution in [3.63, 3.8) is 0 Å². The van der Waals surface area contributed by atoms with Crippen LogP contribution in [0.2, 0.25) is 5.02 Å². The zero-order chi connectivity index (χ0) is 13.1. The zero-order valence-electron chi connectivity index (χ0n) is 9.84.